The summed E-state index contributed by atoms with van der Waals surface area (Å²) in [6, 6.07) is 8.74. The first-order valence-corrected chi connectivity index (χ1v) is 5.83. The van der Waals surface area contributed by atoms with E-state index in [2.05, 4.69) is 9.84 Å². The van der Waals surface area contributed by atoms with E-state index in [0.29, 0.717) is 4.68 Å². The molecule has 8 heteroatoms. The summed E-state index contributed by atoms with van der Waals surface area (Å²) in [4.78, 5) is 10.8. The predicted octanol–water partition coefficient (Wildman–Crippen LogP) is 3.18. The minimum absolute atomic E-state index is 0.171. The highest BCUT2D eigenvalue weighted by atomic mass is 19.4. The molecule has 1 aromatic carbocycles. The van der Waals surface area contributed by atoms with E-state index in [1.165, 1.54) is 19.1 Å². The third-order valence-electron chi connectivity index (χ3n) is 2.54. The molecule has 0 spiro atoms. The monoisotopic (exact) mass is 302 g/mol. The summed E-state index contributed by atoms with van der Waals surface area (Å²) in [6.45, 7) is 1.44. The number of carbonyl (C=O) groups is 1. The van der Waals surface area contributed by atoms with Gasteiger partial charge >= 0.3 is 12.1 Å². The number of hydrogen-bond donors (Lipinski definition) is 0. The predicted molar refractivity (Wildman–Crippen MR) is 64.3 cm³/mol. The Hall–Kier alpha value is -2.38. The summed E-state index contributed by atoms with van der Waals surface area (Å²) >= 11 is 0. The average molecular weight is 302 g/mol. The highest BCUT2D eigenvalue weighted by Gasteiger charge is 2.42. The maximum atomic E-state index is 14.3. The van der Waals surface area contributed by atoms with Crippen LogP contribution in [0.2, 0.25) is 0 Å². The molecule has 1 atom stereocenters. The summed E-state index contributed by atoms with van der Waals surface area (Å²) in [5, 5.41) is 3.72. The van der Waals surface area contributed by atoms with Crippen molar-refractivity contribution >= 4 is 5.97 Å². The van der Waals surface area contributed by atoms with Crippen molar-refractivity contribution in [3.8, 4) is 5.88 Å². The second-order valence-electron chi connectivity index (χ2n) is 4.20. The third-order valence-corrected chi connectivity index (χ3v) is 2.54. The molecule has 0 radical (unpaired) electrons. The van der Waals surface area contributed by atoms with Gasteiger partial charge in [-0.1, -0.05) is 30.3 Å². The summed E-state index contributed by atoms with van der Waals surface area (Å²) in [7, 11) is 0. The van der Waals surface area contributed by atoms with Crippen molar-refractivity contribution in [1.82, 2.24) is 9.78 Å². The largest absolute Gasteiger partial charge is 0.491 e. The summed E-state index contributed by atoms with van der Waals surface area (Å²) in [6.07, 6.45) is -7.03. The molecule has 21 heavy (non-hydrogen) atoms. The molecule has 2 aromatic rings. The van der Waals surface area contributed by atoms with Crippen LogP contribution in [0.25, 0.3) is 0 Å². The Balaban J connectivity index is 2.31. The minimum Gasteiger partial charge on any atom is -0.401 e. The number of ether oxygens (including phenoxy) is 1. The SMILES string of the molecule is Cc1cc(OC(=O)C(F)(F)F)n(C(F)c2ccccc2)n1. The van der Waals surface area contributed by atoms with Crippen LogP contribution < -0.4 is 4.74 Å². The third kappa shape index (κ3) is 3.39. The molecule has 112 valence electrons. The van der Waals surface area contributed by atoms with E-state index in [1.807, 2.05) is 0 Å². The fraction of sp³-hybridized carbons (Fsp3) is 0.231. The molecule has 0 aliphatic rings. The molecule has 0 N–H and O–H groups in total. The number of alkyl halides is 4. The molecule has 1 unspecified atom stereocenters. The first kappa shape index (κ1) is 15.0. The Morgan fingerprint density at radius 3 is 2.48 bits per heavy atom. The van der Waals surface area contributed by atoms with Crippen LogP contribution >= 0.6 is 0 Å². The van der Waals surface area contributed by atoms with Crippen molar-refractivity contribution in [2.45, 2.75) is 19.4 Å². The molecule has 2 rings (SSSR count). The second-order valence-corrected chi connectivity index (χ2v) is 4.20. The van der Waals surface area contributed by atoms with E-state index in [-0.39, 0.29) is 11.3 Å². The van der Waals surface area contributed by atoms with Gasteiger partial charge in [0.2, 0.25) is 12.2 Å². The van der Waals surface area contributed by atoms with Gasteiger partial charge in [-0.3, -0.25) is 0 Å². The van der Waals surface area contributed by atoms with Gasteiger partial charge in [0, 0.05) is 11.6 Å². The van der Waals surface area contributed by atoms with E-state index < -0.39 is 24.3 Å². The van der Waals surface area contributed by atoms with E-state index >= 15 is 0 Å². The highest BCUT2D eigenvalue weighted by molar-refractivity contribution is 5.77. The molecule has 0 aliphatic heterocycles. The zero-order valence-electron chi connectivity index (χ0n) is 10.8. The Morgan fingerprint density at radius 2 is 1.90 bits per heavy atom. The van der Waals surface area contributed by atoms with Gasteiger partial charge in [0.05, 0.1) is 5.69 Å². The molecular weight excluding hydrogens is 292 g/mol. The van der Waals surface area contributed by atoms with E-state index in [0.717, 1.165) is 6.07 Å². The molecule has 0 aliphatic carbocycles. The number of rotatable bonds is 3. The molecule has 1 heterocycles. The van der Waals surface area contributed by atoms with E-state index in [1.54, 1.807) is 18.2 Å². The smallest absolute Gasteiger partial charge is 0.401 e. The maximum Gasteiger partial charge on any atom is 0.491 e. The van der Waals surface area contributed by atoms with Gasteiger partial charge in [0.25, 0.3) is 0 Å². The van der Waals surface area contributed by atoms with Gasteiger partial charge in [-0.25, -0.2) is 9.18 Å². The summed E-state index contributed by atoms with van der Waals surface area (Å²) < 4.78 is 55.7. The van der Waals surface area contributed by atoms with Crippen molar-refractivity contribution in [2.24, 2.45) is 0 Å². The molecular formula is C13H10F4N2O2. The number of aryl methyl sites for hydroxylation is 1. The summed E-state index contributed by atoms with van der Waals surface area (Å²) in [5.41, 5.74) is 0.392. The lowest BCUT2D eigenvalue weighted by atomic mass is 10.2. The van der Waals surface area contributed by atoms with Crippen LogP contribution in [0.15, 0.2) is 36.4 Å². The van der Waals surface area contributed by atoms with Gasteiger partial charge in [-0.2, -0.15) is 23.0 Å². The van der Waals surface area contributed by atoms with E-state index in [4.69, 9.17) is 0 Å². The number of benzene rings is 1. The molecule has 0 amide bonds. The van der Waals surface area contributed by atoms with Crippen LogP contribution in [0.1, 0.15) is 17.6 Å². The Bertz CT molecular complexity index is 637. The van der Waals surface area contributed by atoms with Gasteiger partial charge in [0.15, 0.2) is 0 Å². The number of hydrogen-bond acceptors (Lipinski definition) is 3. The maximum absolute atomic E-state index is 14.3. The minimum atomic E-state index is -5.17. The highest BCUT2D eigenvalue weighted by Crippen LogP contribution is 2.27. The van der Waals surface area contributed by atoms with Crippen LogP contribution in [0.5, 0.6) is 5.88 Å². The van der Waals surface area contributed by atoms with E-state index in [9.17, 15) is 22.4 Å². The fourth-order valence-electron chi connectivity index (χ4n) is 1.64. The lowest BCUT2D eigenvalue weighted by molar-refractivity contribution is -0.190. The Kier molecular flexibility index (Phi) is 3.97. The topological polar surface area (TPSA) is 44.1 Å². The van der Waals surface area contributed by atoms with Crippen molar-refractivity contribution in [2.75, 3.05) is 0 Å². The standard InChI is InChI=1S/C13H10F4N2O2/c1-8-7-10(21-12(20)13(15,16)17)19(18-8)11(14)9-5-3-2-4-6-9/h2-7,11H,1H3. The van der Waals surface area contributed by atoms with Crippen LogP contribution in [0.3, 0.4) is 0 Å². The van der Waals surface area contributed by atoms with Crippen molar-refractivity contribution in [3.05, 3.63) is 47.7 Å². The van der Waals surface area contributed by atoms with Gasteiger partial charge in [0.1, 0.15) is 0 Å². The molecule has 4 nitrogen and oxygen atoms in total. The average Bonchev–Trinajstić information content (AvgIpc) is 2.78. The Labute approximate surface area is 116 Å². The zero-order chi connectivity index (χ0) is 15.6. The van der Waals surface area contributed by atoms with Crippen LogP contribution in [0, 0.1) is 6.92 Å². The van der Waals surface area contributed by atoms with Gasteiger partial charge in [-0.05, 0) is 6.92 Å². The Morgan fingerprint density at radius 1 is 1.29 bits per heavy atom. The molecule has 1 aromatic heterocycles. The first-order valence-electron chi connectivity index (χ1n) is 5.83. The van der Waals surface area contributed by atoms with Crippen molar-refractivity contribution in [3.63, 3.8) is 0 Å². The number of carbonyl (C=O) groups excluding carboxylic acids is 1. The van der Waals surface area contributed by atoms with Crippen LogP contribution in [-0.2, 0) is 4.79 Å². The lowest BCUT2D eigenvalue weighted by Gasteiger charge is -2.13. The first-order chi connectivity index (χ1) is 9.79. The normalized spacial score (nSPS) is 13.0. The van der Waals surface area contributed by atoms with Crippen molar-refractivity contribution < 1.29 is 27.1 Å². The number of nitrogens with zero attached hydrogens (tertiary/aromatic N) is 2. The second kappa shape index (κ2) is 5.55. The van der Waals surface area contributed by atoms with Crippen LogP contribution in [0.4, 0.5) is 17.6 Å². The number of esters is 1. The molecule has 0 bridgehead atoms. The van der Waals surface area contributed by atoms with Gasteiger partial charge < -0.3 is 4.74 Å². The molecule has 0 saturated heterocycles. The summed E-state index contributed by atoms with van der Waals surface area (Å²) in [5.74, 6) is -3.03. The van der Waals surface area contributed by atoms with Crippen molar-refractivity contribution in [1.29, 1.82) is 0 Å². The zero-order valence-corrected chi connectivity index (χ0v) is 10.8. The lowest BCUT2D eigenvalue weighted by Crippen LogP contribution is -2.29. The molecule has 0 saturated carbocycles. The van der Waals surface area contributed by atoms with Crippen LogP contribution in [-0.4, -0.2) is 21.9 Å². The quantitative estimate of drug-likeness (QED) is 0.646. The molecule has 0 fully saturated rings. The fourth-order valence-corrected chi connectivity index (χ4v) is 1.64. The number of aromatic nitrogens is 2. The number of halogens is 4. The van der Waals surface area contributed by atoms with Gasteiger partial charge in [-0.15, -0.1) is 0 Å².